The van der Waals surface area contributed by atoms with E-state index >= 15 is 0 Å². The molecule has 0 amide bonds. The molecule has 90 valence electrons. The van der Waals surface area contributed by atoms with Crippen molar-refractivity contribution in [2.24, 2.45) is 11.7 Å². The summed E-state index contributed by atoms with van der Waals surface area (Å²) >= 11 is 0. The van der Waals surface area contributed by atoms with Gasteiger partial charge in [-0.15, -0.1) is 0 Å². The molecule has 1 fully saturated rings. The average molecular weight is 235 g/mol. The number of hydrogen-bond acceptors (Lipinski definition) is 3. The van der Waals surface area contributed by atoms with E-state index in [1.807, 2.05) is 13.8 Å². The molecule has 0 aliphatic heterocycles. The Morgan fingerprint density at radius 1 is 1.40 bits per heavy atom. The topological polar surface area (TPSA) is 75.4 Å². The van der Waals surface area contributed by atoms with E-state index in [0.717, 1.165) is 12.8 Å². The average Bonchev–Trinajstić information content (AvgIpc) is 2.99. The van der Waals surface area contributed by atoms with Crippen LogP contribution in [0.4, 0.5) is 0 Å². The van der Waals surface area contributed by atoms with E-state index < -0.39 is 10.2 Å². The molecule has 1 atom stereocenters. The first-order valence-corrected chi connectivity index (χ1v) is 6.95. The minimum atomic E-state index is -3.32. The second-order valence-corrected chi connectivity index (χ2v) is 5.69. The Morgan fingerprint density at radius 3 is 2.33 bits per heavy atom. The highest BCUT2D eigenvalue weighted by Gasteiger charge is 2.29. The molecule has 1 aliphatic carbocycles. The maximum Gasteiger partial charge on any atom is 0.279 e. The quantitative estimate of drug-likeness (QED) is 0.647. The van der Waals surface area contributed by atoms with E-state index in [9.17, 15) is 8.42 Å². The van der Waals surface area contributed by atoms with Gasteiger partial charge in [0, 0.05) is 25.7 Å². The van der Waals surface area contributed by atoms with Crippen LogP contribution in [0.15, 0.2) is 0 Å². The van der Waals surface area contributed by atoms with E-state index in [4.69, 9.17) is 5.73 Å². The van der Waals surface area contributed by atoms with Crippen molar-refractivity contribution >= 4 is 10.2 Å². The molecule has 1 rings (SSSR count). The second kappa shape index (κ2) is 5.25. The minimum Gasteiger partial charge on any atom is -0.326 e. The molecule has 1 saturated carbocycles. The zero-order chi connectivity index (χ0) is 11.5. The van der Waals surface area contributed by atoms with Gasteiger partial charge in [0.1, 0.15) is 0 Å². The van der Waals surface area contributed by atoms with Crippen LogP contribution in [0.25, 0.3) is 0 Å². The van der Waals surface area contributed by atoms with Gasteiger partial charge in [-0.25, -0.2) is 4.72 Å². The fourth-order valence-corrected chi connectivity index (χ4v) is 2.81. The largest absolute Gasteiger partial charge is 0.326 e. The molecule has 5 nitrogen and oxygen atoms in total. The summed E-state index contributed by atoms with van der Waals surface area (Å²) in [4.78, 5) is 0. The van der Waals surface area contributed by atoms with Crippen molar-refractivity contribution in [1.82, 2.24) is 9.03 Å². The van der Waals surface area contributed by atoms with E-state index in [0.29, 0.717) is 25.6 Å². The Labute approximate surface area is 92.2 Å². The van der Waals surface area contributed by atoms with Gasteiger partial charge in [-0.05, 0) is 18.8 Å². The summed E-state index contributed by atoms with van der Waals surface area (Å²) < 4.78 is 27.3. The third-order valence-electron chi connectivity index (χ3n) is 2.77. The maximum atomic E-state index is 11.7. The maximum absolute atomic E-state index is 11.7. The number of nitrogens with one attached hydrogen (secondary N) is 1. The summed E-state index contributed by atoms with van der Waals surface area (Å²) in [6.45, 7) is 4.98. The van der Waals surface area contributed by atoms with Crippen LogP contribution < -0.4 is 10.5 Å². The van der Waals surface area contributed by atoms with Gasteiger partial charge in [-0.3, -0.25) is 0 Å². The van der Waals surface area contributed by atoms with E-state index in [1.165, 1.54) is 4.31 Å². The number of hydrogen-bond donors (Lipinski definition) is 2. The summed E-state index contributed by atoms with van der Waals surface area (Å²) in [6, 6.07) is -0.0321. The summed E-state index contributed by atoms with van der Waals surface area (Å²) in [5.74, 6) is 0.518. The second-order valence-electron chi connectivity index (χ2n) is 3.94. The molecule has 0 saturated heterocycles. The standard InChI is InChI=1S/C9H21N3O2S/c1-3-12(4-2)15(13,14)11-7-9(10)8-5-6-8/h8-9,11H,3-7,10H2,1-2H3. The molecule has 0 radical (unpaired) electrons. The molecule has 0 spiro atoms. The molecule has 0 aromatic rings. The summed E-state index contributed by atoms with van der Waals surface area (Å²) in [5.41, 5.74) is 5.82. The lowest BCUT2D eigenvalue weighted by atomic mass is 10.2. The van der Waals surface area contributed by atoms with Gasteiger partial charge < -0.3 is 5.73 Å². The highest BCUT2D eigenvalue weighted by atomic mass is 32.2. The van der Waals surface area contributed by atoms with Gasteiger partial charge >= 0.3 is 0 Å². The van der Waals surface area contributed by atoms with Crippen LogP contribution in [0.1, 0.15) is 26.7 Å². The van der Waals surface area contributed by atoms with Gasteiger partial charge in [0.15, 0.2) is 0 Å². The van der Waals surface area contributed by atoms with Crippen molar-refractivity contribution in [3.05, 3.63) is 0 Å². The lowest BCUT2D eigenvalue weighted by molar-refractivity contribution is 0.430. The minimum absolute atomic E-state index is 0.0321. The monoisotopic (exact) mass is 235 g/mol. The highest BCUT2D eigenvalue weighted by molar-refractivity contribution is 7.87. The molecule has 6 heteroatoms. The first-order chi connectivity index (χ1) is 7.01. The van der Waals surface area contributed by atoms with Gasteiger partial charge in [-0.1, -0.05) is 13.8 Å². The summed E-state index contributed by atoms with van der Waals surface area (Å²) in [6.07, 6.45) is 2.27. The van der Waals surface area contributed by atoms with Crippen LogP contribution in [-0.2, 0) is 10.2 Å². The van der Waals surface area contributed by atoms with Crippen LogP contribution in [-0.4, -0.2) is 38.4 Å². The van der Waals surface area contributed by atoms with Crippen molar-refractivity contribution in [1.29, 1.82) is 0 Å². The summed E-state index contributed by atoms with van der Waals surface area (Å²) in [7, 11) is -3.32. The summed E-state index contributed by atoms with van der Waals surface area (Å²) in [5, 5.41) is 0. The van der Waals surface area contributed by atoms with E-state index in [-0.39, 0.29) is 6.04 Å². The molecular formula is C9H21N3O2S. The molecule has 0 bridgehead atoms. The van der Waals surface area contributed by atoms with Gasteiger partial charge in [-0.2, -0.15) is 12.7 Å². The fourth-order valence-electron chi connectivity index (χ4n) is 1.55. The number of nitrogens with two attached hydrogens (primary N) is 1. The SMILES string of the molecule is CCN(CC)S(=O)(=O)NCC(N)C1CC1. The molecule has 3 N–H and O–H groups in total. The zero-order valence-corrected chi connectivity index (χ0v) is 10.3. The van der Waals surface area contributed by atoms with Crippen LogP contribution in [0.2, 0.25) is 0 Å². The fraction of sp³-hybridized carbons (Fsp3) is 1.00. The third kappa shape index (κ3) is 3.71. The Morgan fingerprint density at radius 2 is 1.93 bits per heavy atom. The van der Waals surface area contributed by atoms with E-state index in [2.05, 4.69) is 4.72 Å². The Hall–Kier alpha value is -0.170. The predicted octanol–water partition coefficient (Wildman–Crippen LogP) is -0.100. The lowest BCUT2D eigenvalue weighted by Gasteiger charge is -2.20. The van der Waals surface area contributed by atoms with Gasteiger partial charge in [0.25, 0.3) is 10.2 Å². The molecular weight excluding hydrogens is 214 g/mol. The molecule has 0 aromatic heterocycles. The first kappa shape index (κ1) is 12.9. The Kier molecular flexibility index (Phi) is 4.51. The first-order valence-electron chi connectivity index (χ1n) is 5.51. The molecule has 0 heterocycles. The van der Waals surface area contributed by atoms with Crippen molar-refractivity contribution in [3.63, 3.8) is 0 Å². The van der Waals surface area contributed by atoms with Crippen molar-refractivity contribution in [2.45, 2.75) is 32.7 Å². The third-order valence-corrected chi connectivity index (χ3v) is 4.50. The smallest absolute Gasteiger partial charge is 0.279 e. The highest BCUT2D eigenvalue weighted by Crippen LogP contribution is 2.31. The van der Waals surface area contributed by atoms with Crippen molar-refractivity contribution in [3.8, 4) is 0 Å². The van der Waals surface area contributed by atoms with Crippen molar-refractivity contribution in [2.75, 3.05) is 19.6 Å². The van der Waals surface area contributed by atoms with Crippen LogP contribution in [0.3, 0.4) is 0 Å². The van der Waals surface area contributed by atoms with Crippen LogP contribution in [0, 0.1) is 5.92 Å². The van der Waals surface area contributed by atoms with Gasteiger partial charge in [0.2, 0.25) is 0 Å². The molecule has 15 heavy (non-hydrogen) atoms. The Bertz CT molecular complexity index is 284. The Balaban J connectivity index is 2.40. The lowest BCUT2D eigenvalue weighted by Crippen LogP contribution is -2.45. The molecule has 1 unspecified atom stereocenters. The van der Waals surface area contributed by atoms with Crippen LogP contribution in [0.5, 0.6) is 0 Å². The zero-order valence-electron chi connectivity index (χ0n) is 9.44. The van der Waals surface area contributed by atoms with Crippen molar-refractivity contribution < 1.29 is 8.42 Å². The number of nitrogens with zero attached hydrogens (tertiary/aromatic N) is 1. The normalized spacial score (nSPS) is 19.5. The predicted molar refractivity (Wildman–Crippen MR) is 60.5 cm³/mol. The molecule has 0 aromatic carbocycles. The van der Waals surface area contributed by atoms with Gasteiger partial charge in [0.05, 0.1) is 0 Å². The molecule has 1 aliphatic rings. The number of rotatable bonds is 7. The van der Waals surface area contributed by atoms with Crippen LogP contribution >= 0.6 is 0 Å². The van der Waals surface area contributed by atoms with E-state index in [1.54, 1.807) is 0 Å².